The second-order valence-electron chi connectivity index (χ2n) is 4.80. The Morgan fingerprint density at radius 2 is 2.15 bits per heavy atom. The molecule has 2 amide bonds. The summed E-state index contributed by atoms with van der Waals surface area (Å²) in [4.78, 5) is 11.9. The molecule has 7 nitrogen and oxygen atoms in total. The quantitative estimate of drug-likeness (QED) is 0.871. The molecule has 1 fully saturated rings. The fraction of sp³-hybridized carbons (Fsp3) is 0.615. The van der Waals surface area contributed by atoms with Gasteiger partial charge in [0.15, 0.2) is 5.82 Å². The van der Waals surface area contributed by atoms with Gasteiger partial charge in [-0.25, -0.2) is 4.79 Å². The first-order chi connectivity index (χ1) is 9.69. The molecule has 0 unspecified atom stereocenters. The minimum absolute atomic E-state index is 0.102. The Bertz CT molecular complexity index is 432. The van der Waals surface area contributed by atoms with Crippen LogP contribution in [0.4, 0.5) is 10.6 Å². The number of hydrogen-bond donors (Lipinski definition) is 2. The van der Waals surface area contributed by atoms with E-state index in [1.165, 1.54) is 7.11 Å². The lowest BCUT2D eigenvalue weighted by Gasteiger charge is -2.28. The van der Waals surface area contributed by atoms with Gasteiger partial charge in [-0.15, -0.1) is 10.2 Å². The van der Waals surface area contributed by atoms with Gasteiger partial charge >= 0.3 is 6.03 Å². The van der Waals surface area contributed by atoms with Crippen LogP contribution in [0.25, 0.3) is 0 Å². The zero-order valence-electron chi connectivity index (χ0n) is 11.8. The van der Waals surface area contributed by atoms with Gasteiger partial charge in [0.1, 0.15) is 0 Å². The van der Waals surface area contributed by atoms with E-state index < -0.39 is 0 Å². The lowest BCUT2D eigenvalue weighted by molar-refractivity contribution is 0.0573. The summed E-state index contributed by atoms with van der Waals surface area (Å²) in [5.74, 6) is 1.26. The summed E-state index contributed by atoms with van der Waals surface area (Å²) in [7, 11) is 1.51. The highest BCUT2D eigenvalue weighted by molar-refractivity contribution is 5.88. The van der Waals surface area contributed by atoms with E-state index in [9.17, 15) is 4.79 Å². The minimum atomic E-state index is -0.275. The SMILES string of the molecule is COc1ccc(NC(=O)N[C@H](C)C2CCOCC2)nn1. The maximum Gasteiger partial charge on any atom is 0.320 e. The maximum atomic E-state index is 11.9. The fourth-order valence-electron chi connectivity index (χ4n) is 2.19. The van der Waals surface area contributed by atoms with Crippen molar-refractivity contribution in [3.63, 3.8) is 0 Å². The molecule has 1 aromatic rings. The van der Waals surface area contributed by atoms with Gasteiger partial charge < -0.3 is 14.8 Å². The van der Waals surface area contributed by atoms with Crippen molar-refractivity contribution in [1.29, 1.82) is 0 Å². The van der Waals surface area contributed by atoms with Crippen molar-refractivity contribution >= 4 is 11.8 Å². The molecule has 1 aliphatic heterocycles. The average molecular weight is 280 g/mol. The van der Waals surface area contributed by atoms with E-state index in [2.05, 4.69) is 20.8 Å². The smallest absolute Gasteiger partial charge is 0.320 e. The number of hydrogen-bond acceptors (Lipinski definition) is 5. The highest BCUT2D eigenvalue weighted by Crippen LogP contribution is 2.18. The zero-order valence-corrected chi connectivity index (χ0v) is 11.8. The molecule has 1 aromatic heterocycles. The van der Waals surface area contributed by atoms with E-state index in [4.69, 9.17) is 9.47 Å². The fourth-order valence-corrected chi connectivity index (χ4v) is 2.19. The van der Waals surface area contributed by atoms with Crippen LogP contribution in [-0.4, -0.2) is 42.6 Å². The molecular weight excluding hydrogens is 260 g/mol. The highest BCUT2D eigenvalue weighted by atomic mass is 16.5. The summed E-state index contributed by atoms with van der Waals surface area (Å²) in [5, 5.41) is 13.2. The van der Waals surface area contributed by atoms with Gasteiger partial charge in [-0.2, -0.15) is 0 Å². The number of methoxy groups -OCH3 is 1. The van der Waals surface area contributed by atoms with E-state index in [0.717, 1.165) is 26.1 Å². The van der Waals surface area contributed by atoms with Crippen LogP contribution < -0.4 is 15.4 Å². The normalized spacial score (nSPS) is 17.3. The summed E-state index contributed by atoms with van der Waals surface area (Å²) >= 11 is 0. The number of ether oxygens (including phenoxy) is 2. The van der Waals surface area contributed by atoms with Crippen molar-refractivity contribution in [2.45, 2.75) is 25.8 Å². The number of anilines is 1. The predicted octanol–water partition coefficient (Wildman–Crippen LogP) is 1.42. The molecule has 0 aliphatic carbocycles. The number of carbonyl (C=O) groups is 1. The van der Waals surface area contributed by atoms with Crippen molar-refractivity contribution < 1.29 is 14.3 Å². The number of amides is 2. The second kappa shape index (κ2) is 7.04. The first-order valence-electron chi connectivity index (χ1n) is 6.72. The molecule has 2 rings (SSSR count). The second-order valence-corrected chi connectivity index (χ2v) is 4.80. The van der Waals surface area contributed by atoms with E-state index in [1.54, 1.807) is 12.1 Å². The van der Waals surface area contributed by atoms with E-state index in [0.29, 0.717) is 17.6 Å². The standard InChI is InChI=1S/C13H20N4O3/c1-9(10-5-7-20-8-6-10)14-13(18)15-11-3-4-12(19-2)17-16-11/h3-4,9-10H,5-8H2,1-2H3,(H2,14,15,16,18)/t9-/m1/s1. The Hall–Kier alpha value is -1.89. The highest BCUT2D eigenvalue weighted by Gasteiger charge is 2.21. The largest absolute Gasteiger partial charge is 0.480 e. The molecule has 1 saturated heterocycles. The molecule has 20 heavy (non-hydrogen) atoms. The first kappa shape index (κ1) is 14.5. The molecule has 7 heteroatoms. The monoisotopic (exact) mass is 280 g/mol. The lowest BCUT2D eigenvalue weighted by Crippen LogP contribution is -2.42. The summed E-state index contributed by atoms with van der Waals surface area (Å²) in [6.45, 7) is 3.54. The van der Waals surface area contributed by atoms with Crippen LogP contribution in [0.1, 0.15) is 19.8 Å². The van der Waals surface area contributed by atoms with Gasteiger partial charge in [0.05, 0.1) is 7.11 Å². The van der Waals surface area contributed by atoms with Gasteiger partial charge in [0, 0.05) is 25.3 Å². The van der Waals surface area contributed by atoms with Gasteiger partial charge in [0.2, 0.25) is 5.88 Å². The van der Waals surface area contributed by atoms with Crippen LogP contribution in [0.5, 0.6) is 5.88 Å². The molecule has 0 aromatic carbocycles. The average Bonchev–Trinajstić information content (AvgIpc) is 2.49. The van der Waals surface area contributed by atoms with Crippen molar-refractivity contribution in [3.05, 3.63) is 12.1 Å². The van der Waals surface area contributed by atoms with Crippen molar-refractivity contribution in [3.8, 4) is 5.88 Å². The Morgan fingerprint density at radius 3 is 2.75 bits per heavy atom. The van der Waals surface area contributed by atoms with E-state index in [-0.39, 0.29) is 12.1 Å². The Labute approximate surface area is 118 Å². The number of aromatic nitrogens is 2. The third kappa shape index (κ3) is 4.06. The molecule has 110 valence electrons. The van der Waals surface area contributed by atoms with Crippen molar-refractivity contribution in [2.75, 3.05) is 25.6 Å². The third-order valence-corrected chi connectivity index (χ3v) is 3.42. The predicted molar refractivity (Wildman–Crippen MR) is 73.7 cm³/mol. The van der Waals surface area contributed by atoms with Crippen LogP contribution in [0, 0.1) is 5.92 Å². The van der Waals surface area contributed by atoms with Crippen LogP contribution in [0.3, 0.4) is 0 Å². The number of urea groups is 1. The van der Waals surface area contributed by atoms with Gasteiger partial charge in [-0.05, 0) is 31.7 Å². The van der Waals surface area contributed by atoms with Gasteiger partial charge in [-0.1, -0.05) is 0 Å². The summed E-state index contributed by atoms with van der Waals surface area (Å²) in [5.41, 5.74) is 0. The first-order valence-corrected chi connectivity index (χ1v) is 6.72. The van der Waals surface area contributed by atoms with Crippen LogP contribution >= 0.6 is 0 Å². The summed E-state index contributed by atoms with van der Waals surface area (Å²) in [6, 6.07) is 3.11. The number of nitrogens with zero attached hydrogens (tertiary/aromatic N) is 2. The number of rotatable bonds is 4. The topological polar surface area (TPSA) is 85.4 Å². The number of carbonyl (C=O) groups excluding carboxylic acids is 1. The molecule has 0 radical (unpaired) electrons. The van der Waals surface area contributed by atoms with Crippen molar-refractivity contribution in [2.24, 2.45) is 5.92 Å². The lowest BCUT2D eigenvalue weighted by atomic mass is 9.93. The Morgan fingerprint density at radius 1 is 1.40 bits per heavy atom. The maximum absolute atomic E-state index is 11.9. The molecule has 2 N–H and O–H groups in total. The Balaban J connectivity index is 1.81. The van der Waals surface area contributed by atoms with Gasteiger partial charge in [-0.3, -0.25) is 5.32 Å². The van der Waals surface area contributed by atoms with E-state index >= 15 is 0 Å². The van der Waals surface area contributed by atoms with Gasteiger partial charge in [0.25, 0.3) is 0 Å². The van der Waals surface area contributed by atoms with Crippen molar-refractivity contribution in [1.82, 2.24) is 15.5 Å². The molecule has 1 aliphatic rings. The summed E-state index contributed by atoms with van der Waals surface area (Å²) in [6.07, 6.45) is 1.95. The zero-order chi connectivity index (χ0) is 14.4. The van der Waals surface area contributed by atoms with Crippen LogP contribution in [0.15, 0.2) is 12.1 Å². The molecule has 0 spiro atoms. The van der Waals surface area contributed by atoms with Crippen LogP contribution in [0.2, 0.25) is 0 Å². The Kier molecular flexibility index (Phi) is 5.11. The molecule has 2 heterocycles. The molecule has 0 saturated carbocycles. The molecule has 0 bridgehead atoms. The molecular formula is C13H20N4O3. The molecule has 1 atom stereocenters. The third-order valence-electron chi connectivity index (χ3n) is 3.42. The number of nitrogens with one attached hydrogen (secondary N) is 2. The summed E-state index contributed by atoms with van der Waals surface area (Å²) < 4.78 is 10.2. The van der Waals surface area contributed by atoms with E-state index in [1.807, 2.05) is 6.92 Å². The van der Waals surface area contributed by atoms with Crippen LogP contribution in [-0.2, 0) is 4.74 Å². The minimum Gasteiger partial charge on any atom is -0.480 e.